The number of methoxy groups -OCH3 is 1. The van der Waals surface area contributed by atoms with E-state index >= 15 is 0 Å². The molecule has 0 radical (unpaired) electrons. The van der Waals surface area contributed by atoms with Crippen molar-refractivity contribution in [2.75, 3.05) is 7.11 Å². The fourth-order valence-electron chi connectivity index (χ4n) is 3.19. The largest absolute Gasteiger partial charge is 0.497 e. The SMILES string of the molecule is C=C[C@@H](OC(C)=O)[C@@H](Cc1ccc(OC)cc1)N(Cc1ccccc1)O[Si](C)(C)C. The summed E-state index contributed by atoms with van der Waals surface area (Å²) < 4.78 is 17.4. The molecule has 0 saturated carbocycles. The van der Waals surface area contributed by atoms with Crippen LogP contribution in [-0.2, 0) is 27.0 Å². The summed E-state index contributed by atoms with van der Waals surface area (Å²) in [7, 11) is -0.288. The van der Waals surface area contributed by atoms with Crippen LogP contribution in [-0.4, -0.2) is 38.6 Å². The molecule has 0 amide bonds. The predicted molar refractivity (Wildman–Crippen MR) is 123 cm³/mol. The van der Waals surface area contributed by atoms with Crippen LogP contribution >= 0.6 is 0 Å². The molecule has 2 aromatic rings. The van der Waals surface area contributed by atoms with Crippen molar-refractivity contribution in [3.8, 4) is 5.75 Å². The third-order valence-corrected chi connectivity index (χ3v) is 5.24. The van der Waals surface area contributed by atoms with Crippen molar-refractivity contribution in [3.63, 3.8) is 0 Å². The van der Waals surface area contributed by atoms with E-state index in [0.717, 1.165) is 16.9 Å². The number of ether oxygens (including phenoxy) is 2. The van der Waals surface area contributed by atoms with Gasteiger partial charge in [-0.2, -0.15) is 5.06 Å². The van der Waals surface area contributed by atoms with Crippen molar-refractivity contribution in [2.45, 2.75) is 51.7 Å². The Balaban J connectivity index is 2.40. The molecule has 0 heterocycles. The first-order valence-electron chi connectivity index (χ1n) is 10.1. The van der Waals surface area contributed by atoms with Gasteiger partial charge < -0.3 is 14.0 Å². The molecular formula is C24H33NO4Si. The third kappa shape index (κ3) is 7.78. The Morgan fingerprint density at radius 3 is 2.20 bits per heavy atom. The molecule has 0 N–H and O–H groups in total. The first-order valence-corrected chi connectivity index (χ1v) is 13.5. The van der Waals surface area contributed by atoms with Gasteiger partial charge in [0.25, 0.3) is 0 Å². The topological polar surface area (TPSA) is 48.0 Å². The average molecular weight is 428 g/mol. The molecule has 162 valence electrons. The van der Waals surface area contributed by atoms with Crippen LogP contribution in [0.25, 0.3) is 0 Å². The molecular weight excluding hydrogens is 394 g/mol. The number of hydroxylamine groups is 2. The minimum atomic E-state index is -1.94. The molecule has 0 aliphatic heterocycles. The second kappa shape index (κ2) is 11.1. The van der Waals surface area contributed by atoms with Crippen LogP contribution < -0.4 is 4.74 Å². The van der Waals surface area contributed by atoms with Crippen LogP contribution in [0.4, 0.5) is 0 Å². The van der Waals surface area contributed by atoms with E-state index in [1.165, 1.54) is 6.92 Å². The van der Waals surface area contributed by atoms with Crippen molar-refractivity contribution in [1.29, 1.82) is 0 Å². The lowest BCUT2D eigenvalue weighted by Crippen LogP contribution is -2.49. The molecule has 2 rings (SSSR count). The number of rotatable bonds is 11. The molecule has 6 heteroatoms. The van der Waals surface area contributed by atoms with Gasteiger partial charge in [0.15, 0.2) is 0 Å². The quantitative estimate of drug-likeness (QED) is 0.219. The Hall–Kier alpha value is -2.41. The maximum Gasteiger partial charge on any atom is 0.303 e. The summed E-state index contributed by atoms with van der Waals surface area (Å²) in [6, 6.07) is 17.8. The van der Waals surface area contributed by atoms with Gasteiger partial charge in [0, 0.05) is 13.5 Å². The third-order valence-electron chi connectivity index (χ3n) is 4.46. The number of esters is 1. The zero-order valence-corrected chi connectivity index (χ0v) is 19.6. The summed E-state index contributed by atoms with van der Waals surface area (Å²) >= 11 is 0. The fourth-order valence-corrected chi connectivity index (χ4v) is 4.10. The molecule has 0 bridgehead atoms. The van der Waals surface area contributed by atoms with Crippen molar-refractivity contribution >= 4 is 14.3 Å². The highest BCUT2D eigenvalue weighted by atomic mass is 28.4. The Morgan fingerprint density at radius 1 is 1.07 bits per heavy atom. The summed E-state index contributed by atoms with van der Waals surface area (Å²) in [6.45, 7) is 12.4. The standard InChI is InChI=1S/C24H33NO4Si/c1-7-24(28-19(2)26)23(17-20-13-15-22(27-3)16-14-20)25(29-30(4,5)6)18-21-11-9-8-10-12-21/h7-16,23-24H,1,17-18H2,2-6H3/t23-,24-/m1/s1. The van der Waals surface area contributed by atoms with Crippen LogP contribution in [0.5, 0.6) is 5.75 Å². The van der Waals surface area contributed by atoms with Crippen LogP contribution in [0, 0.1) is 0 Å². The molecule has 30 heavy (non-hydrogen) atoms. The first kappa shape index (κ1) is 23.9. The fraction of sp³-hybridized carbons (Fsp3) is 0.375. The Labute approximate surface area is 181 Å². The minimum Gasteiger partial charge on any atom is -0.497 e. The lowest BCUT2D eigenvalue weighted by atomic mass is 10.00. The highest BCUT2D eigenvalue weighted by Crippen LogP contribution is 2.23. The number of hydrogen-bond acceptors (Lipinski definition) is 5. The normalized spacial score (nSPS) is 13.5. The smallest absolute Gasteiger partial charge is 0.303 e. The Kier molecular flexibility index (Phi) is 8.83. The van der Waals surface area contributed by atoms with E-state index in [1.54, 1.807) is 13.2 Å². The van der Waals surface area contributed by atoms with E-state index in [2.05, 4.69) is 38.4 Å². The Morgan fingerprint density at radius 2 is 1.70 bits per heavy atom. The van der Waals surface area contributed by atoms with Gasteiger partial charge in [0.05, 0.1) is 13.2 Å². The van der Waals surface area contributed by atoms with Gasteiger partial charge in [0.2, 0.25) is 8.32 Å². The number of benzene rings is 2. The minimum absolute atomic E-state index is 0.230. The maximum absolute atomic E-state index is 11.8. The van der Waals surface area contributed by atoms with E-state index < -0.39 is 14.4 Å². The monoisotopic (exact) mass is 427 g/mol. The number of carbonyl (C=O) groups is 1. The van der Waals surface area contributed by atoms with Gasteiger partial charge in [-0.25, -0.2) is 0 Å². The highest BCUT2D eigenvalue weighted by Gasteiger charge is 2.32. The highest BCUT2D eigenvalue weighted by molar-refractivity contribution is 6.69. The van der Waals surface area contributed by atoms with Crippen LogP contribution in [0.3, 0.4) is 0 Å². The molecule has 2 aromatic carbocycles. The summed E-state index contributed by atoms with van der Waals surface area (Å²) in [4.78, 5) is 11.8. The molecule has 0 aliphatic carbocycles. The molecule has 0 spiro atoms. The van der Waals surface area contributed by atoms with Crippen LogP contribution in [0.1, 0.15) is 18.1 Å². The predicted octanol–water partition coefficient (Wildman–Crippen LogP) is 4.99. The van der Waals surface area contributed by atoms with Crippen LogP contribution in [0.2, 0.25) is 19.6 Å². The Bertz CT molecular complexity index is 802. The molecule has 5 nitrogen and oxygen atoms in total. The van der Waals surface area contributed by atoms with E-state index in [0.29, 0.717) is 13.0 Å². The second-order valence-electron chi connectivity index (χ2n) is 8.19. The van der Waals surface area contributed by atoms with Gasteiger partial charge in [0.1, 0.15) is 11.9 Å². The number of carbonyl (C=O) groups excluding carboxylic acids is 1. The van der Waals surface area contributed by atoms with E-state index in [9.17, 15) is 4.79 Å². The lowest BCUT2D eigenvalue weighted by Gasteiger charge is -2.38. The van der Waals surface area contributed by atoms with Crippen molar-refractivity contribution in [2.24, 2.45) is 0 Å². The van der Waals surface area contributed by atoms with Crippen molar-refractivity contribution in [3.05, 3.63) is 78.4 Å². The molecule has 0 fully saturated rings. The number of nitrogens with zero attached hydrogens (tertiary/aromatic N) is 1. The lowest BCUT2D eigenvalue weighted by molar-refractivity contribution is -0.164. The van der Waals surface area contributed by atoms with Crippen LogP contribution in [0.15, 0.2) is 67.3 Å². The maximum atomic E-state index is 11.8. The van der Waals surface area contributed by atoms with Gasteiger partial charge in [-0.05, 0) is 55.4 Å². The summed E-state index contributed by atoms with van der Waals surface area (Å²) in [5, 5.41) is 1.97. The zero-order valence-electron chi connectivity index (χ0n) is 18.6. The molecule has 2 atom stereocenters. The molecule has 0 saturated heterocycles. The number of hydrogen-bond donors (Lipinski definition) is 0. The van der Waals surface area contributed by atoms with Crippen molar-refractivity contribution < 1.29 is 18.8 Å². The summed E-state index contributed by atoms with van der Waals surface area (Å²) in [6.07, 6.45) is 1.80. The first-order chi connectivity index (χ1) is 14.2. The zero-order chi connectivity index (χ0) is 22.1. The molecule has 0 aliphatic rings. The summed E-state index contributed by atoms with van der Waals surface area (Å²) in [5.41, 5.74) is 2.22. The van der Waals surface area contributed by atoms with E-state index in [1.807, 2.05) is 47.5 Å². The van der Waals surface area contributed by atoms with E-state index in [4.69, 9.17) is 14.0 Å². The second-order valence-corrected chi connectivity index (χ2v) is 12.6. The molecule has 0 unspecified atom stereocenters. The van der Waals surface area contributed by atoms with Crippen molar-refractivity contribution in [1.82, 2.24) is 5.06 Å². The van der Waals surface area contributed by atoms with Gasteiger partial charge in [-0.15, -0.1) is 0 Å². The summed E-state index contributed by atoms with van der Waals surface area (Å²) in [5.74, 6) is 0.461. The van der Waals surface area contributed by atoms with Gasteiger partial charge in [-0.3, -0.25) is 4.79 Å². The van der Waals surface area contributed by atoms with Gasteiger partial charge in [-0.1, -0.05) is 49.0 Å². The molecule has 0 aromatic heterocycles. The van der Waals surface area contributed by atoms with Gasteiger partial charge >= 0.3 is 5.97 Å². The van der Waals surface area contributed by atoms with E-state index in [-0.39, 0.29) is 12.0 Å². The average Bonchev–Trinajstić information content (AvgIpc) is 2.70.